The number of aromatic nitrogens is 4. The maximum atomic E-state index is 12.2. The van der Waals surface area contributed by atoms with Crippen molar-refractivity contribution in [3.63, 3.8) is 0 Å². The van der Waals surface area contributed by atoms with Gasteiger partial charge in [-0.1, -0.05) is 5.16 Å². The van der Waals surface area contributed by atoms with E-state index in [1.165, 1.54) is 6.07 Å². The van der Waals surface area contributed by atoms with Crippen molar-refractivity contribution in [2.75, 3.05) is 5.32 Å². The van der Waals surface area contributed by atoms with Gasteiger partial charge in [-0.25, -0.2) is 0 Å². The number of halogens is 3. The number of aromatic amines is 1. The molecule has 0 aliphatic rings. The predicted molar refractivity (Wildman–Crippen MR) is 50.6 cm³/mol. The van der Waals surface area contributed by atoms with Crippen LogP contribution in [0.15, 0.2) is 10.6 Å². The predicted octanol–water partition coefficient (Wildman–Crippen LogP) is 1.37. The normalized spacial score (nSPS) is 11.6. The summed E-state index contributed by atoms with van der Waals surface area (Å²) in [5.74, 6) is -2.73. The van der Waals surface area contributed by atoms with Crippen LogP contribution in [0.2, 0.25) is 0 Å². The second kappa shape index (κ2) is 4.13. The molecule has 10 heteroatoms. The van der Waals surface area contributed by atoms with Crippen LogP contribution < -0.4 is 5.32 Å². The lowest BCUT2D eigenvalue weighted by Gasteiger charge is -1.98. The fourth-order valence-electron chi connectivity index (χ4n) is 1.08. The van der Waals surface area contributed by atoms with Gasteiger partial charge < -0.3 is 4.52 Å². The Labute approximate surface area is 97.4 Å². The second-order valence-corrected chi connectivity index (χ2v) is 3.29. The topological polar surface area (TPSA) is 96.7 Å². The molecule has 0 saturated heterocycles. The van der Waals surface area contributed by atoms with Crippen molar-refractivity contribution in [3.05, 3.63) is 23.3 Å². The van der Waals surface area contributed by atoms with E-state index in [4.69, 9.17) is 0 Å². The minimum absolute atomic E-state index is 0.147. The number of hydrogen-bond acceptors (Lipinski definition) is 5. The van der Waals surface area contributed by atoms with Gasteiger partial charge in [-0.3, -0.25) is 15.2 Å². The van der Waals surface area contributed by atoms with Crippen LogP contribution in [-0.2, 0) is 6.18 Å². The van der Waals surface area contributed by atoms with Crippen molar-refractivity contribution in [2.24, 2.45) is 0 Å². The van der Waals surface area contributed by atoms with Crippen molar-refractivity contribution in [3.8, 4) is 0 Å². The zero-order chi connectivity index (χ0) is 13.3. The molecule has 0 radical (unpaired) electrons. The Balaban J connectivity index is 2.10. The van der Waals surface area contributed by atoms with Gasteiger partial charge in [0.2, 0.25) is 17.5 Å². The van der Waals surface area contributed by atoms with Crippen LogP contribution in [0.5, 0.6) is 0 Å². The number of hydrogen-bond donors (Lipinski definition) is 2. The molecular weight excluding hydrogens is 255 g/mol. The first-order valence-corrected chi connectivity index (χ1v) is 4.60. The first kappa shape index (κ1) is 12.1. The van der Waals surface area contributed by atoms with Crippen molar-refractivity contribution < 1.29 is 22.5 Å². The third-order valence-corrected chi connectivity index (χ3v) is 1.83. The molecule has 2 N–H and O–H groups in total. The average Bonchev–Trinajstić information content (AvgIpc) is 2.85. The standard InChI is InChI=1S/C8H6F3N5O2/c1-3-2-4(18-16-3)5(17)12-7-13-6(14-15-7)8(9,10)11/h2H,1H3,(H2,12,13,14,15,17). The Bertz CT molecular complexity index is 573. The van der Waals surface area contributed by atoms with Gasteiger partial charge in [0.1, 0.15) is 0 Å². The fourth-order valence-corrected chi connectivity index (χ4v) is 1.08. The Morgan fingerprint density at radius 1 is 1.50 bits per heavy atom. The third kappa shape index (κ3) is 2.47. The number of rotatable bonds is 2. The van der Waals surface area contributed by atoms with Gasteiger partial charge in [-0.2, -0.15) is 18.2 Å². The number of nitrogens with one attached hydrogen (secondary N) is 2. The van der Waals surface area contributed by atoms with E-state index in [-0.39, 0.29) is 5.76 Å². The molecule has 0 atom stereocenters. The van der Waals surface area contributed by atoms with E-state index in [1.807, 2.05) is 5.32 Å². The summed E-state index contributed by atoms with van der Waals surface area (Å²) in [6, 6.07) is 1.33. The highest BCUT2D eigenvalue weighted by molar-refractivity contribution is 6.01. The Hall–Kier alpha value is -2.39. The number of H-pyrrole nitrogens is 1. The fraction of sp³-hybridized carbons (Fsp3) is 0.250. The summed E-state index contributed by atoms with van der Waals surface area (Å²) in [5, 5.41) is 10.4. The summed E-state index contributed by atoms with van der Waals surface area (Å²) >= 11 is 0. The lowest BCUT2D eigenvalue weighted by molar-refractivity contribution is -0.144. The molecule has 0 saturated carbocycles. The van der Waals surface area contributed by atoms with Crippen LogP contribution >= 0.6 is 0 Å². The van der Waals surface area contributed by atoms with Crippen LogP contribution in [0.1, 0.15) is 22.1 Å². The molecular formula is C8H6F3N5O2. The molecule has 2 aromatic heterocycles. The van der Waals surface area contributed by atoms with Gasteiger partial charge in [-0.05, 0) is 6.92 Å². The minimum Gasteiger partial charge on any atom is -0.351 e. The smallest absolute Gasteiger partial charge is 0.351 e. The summed E-state index contributed by atoms with van der Waals surface area (Å²) in [4.78, 5) is 14.5. The molecule has 2 aromatic rings. The molecule has 0 bridgehead atoms. The Morgan fingerprint density at radius 3 is 2.72 bits per heavy atom. The van der Waals surface area contributed by atoms with Gasteiger partial charge >= 0.3 is 6.18 Å². The molecule has 0 aliphatic heterocycles. The number of aryl methyl sites for hydroxylation is 1. The van der Waals surface area contributed by atoms with Crippen molar-refractivity contribution in [1.29, 1.82) is 0 Å². The second-order valence-electron chi connectivity index (χ2n) is 3.29. The molecule has 0 aliphatic carbocycles. The minimum atomic E-state index is -4.65. The highest BCUT2D eigenvalue weighted by Crippen LogP contribution is 2.26. The van der Waals surface area contributed by atoms with Crippen LogP contribution in [0.25, 0.3) is 0 Å². The van der Waals surface area contributed by atoms with E-state index in [1.54, 1.807) is 12.0 Å². The van der Waals surface area contributed by atoms with Crippen molar-refractivity contribution >= 4 is 11.9 Å². The van der Waals surface area contributed by atoms with Gasteiger partial charge in [0.25, 0.3) is 5.91 Å². The number of anilines is 1. The molecule has 0 unspecified atom stereocenters. The van der Waals surface area contributed by atoms with E-state index in [0.717, 1.165) is 0 Å². The lowest BCUT2D eigenvalue weighted by atomic mass is 10.4. The maximum absolute atomic E-state index is 12.2. The zero-order valence-corrected chi connectivity index (χ0v) is 8.87. The lowest BCUT2D eigenvalue weighted by Crippen LogP contribution is -2.12. The number of amides is 1. The summed E-state index contributed by atoms with van der Waals surface area (Å²) < 4.78 is 41.2. The summed E-state index contributed by atoms with van der Waals surface area (Å²) in [5.41, 5.74) is 0.464. The van der Waals surface area contributed by atoms with Crippen molar-refractivity contribution in [2.45, 2.75) is 13.1 Å². The number of carbonyl (C=O) groups excluding carboxylic acids is 1. The summed E-state index contributed by atoms with van der Waals surface area (Å²) in [6.07, 6.45) is -4.65. The first-order chi connectivity index (χ1) is 8.36. The monoisotopic (exact) mass is 261 g/mol. The first-order valence-electron chi connectivity index (χ1n) is 4.60. The van der Waals surface area contributed by atoms with Crippen LogP contribution in [0.3, 0.4) is 0 Å². The van der Waals surface area contributed by atoms with Crippen LogP contribution in [0, 0.1) is 6.92 Å². The summed E-state index contributed by atoms with van der Waals surface area (Å²) in [6.45, 7) is 1.59. The molecule has 0 spiro atoms. The van der Waals surface area contributed by atoms with Crippen LogP contribution in [0.4, 0.5) is 19.1 Å². The van der Waals surface area contributed by atoms with Gasteiger partial charge in [0, 0.05) is 6.07 Å². The molecule has 2 heterocycles. The average molecular weight is 261 g/mol. The number of carbonyl (C=O) groups is 1. The van der Waals surface area contributed by atoms with E-state index in [2.05, 4.69) is 19.8 Å². The highest BCUT2D eigenvalue weighted by atomic mass is 19.4. The highest BCUT2D eigenvalue weighted by Gasteiger charge is 2.35. The molecule has 7 nitrogen and oxygen atoms in total. The number of nitrogens with zero attached hydrogens (tertiary/aromatic N) is 3. The van der Waals surface area contributed by atoms with E-state index >= 15 is 0 Å². The summed E-state index contributed by atoms with van der Waals surface area (Å²) in [7, 11) is 0. The van der Waals surface area contributed by atoms with E-state index in [0.29, 0.717) is 5.69 Å². The molecule has 96 valence electrons. The number of alkyl halides is 3. The van der Waals surface area contributed by atoms with Gasteiger partial charge in [0.15, 0.2) is 0 Å². The Kier molecular flexibility index (Phi) is 2.77. The SMILES string of the molecule is Cc1cc(C(=O)Nc2n[nH]c(C(F)(F)F)n2)on1. The van der Waals surface area contributed by atoms with Crippen LogP contribution in [-0.4, -0.2) is 26.2 Å². The van der Waals surface area contributed by atoms with E-state index in [9.17, 15) is 18.0 Å². The molecule has 0 fully saturated rings. The molecule has 1 amide bonds. The van der Waals surface area contributed by atoms with E-state index < -0.39 is 23.9 Å². The quantitative estimate of drug-likeness (QED) is 0.851. The molecule has 18 heavy (non-hydrogen) atoms. The Morgan fingerprint density at radius 2 is 2.22 bits per heavy atom. The third-order valence-electron chi connectivity index (χ3n) is 1.83. The maximum Gasteiger partial charge on any atom is 0.451 e. The van der Waals surface area contributed by atoms with Gasteiger partial charge in [0.05, 0.1) is 5.69 Å². The van der Waals surface area contributed by atoms with Gasteiger partial charge in [-0.15, -0.1) is 5.10 Å². The zero-order valence-electron chi connectivity index (χ0n) is 8.87. The molecule has 0 aromatic carbocycles. The molecule has 2 rings (SSSR count). The van der Waals surface area contributed by atoms with Crippen molar-refractivity contribution in [1.82, 2.24) is 20.3 Å². The largest absolute Gasteiger partial charge is 0.451 e.